The number of benzene rings is 3. The van der Waals surface area contributed by atoms with Crippen LogP contribution in [-0.4, -0.2) is 14.0 Å². The first-order valence-electron chi connectivity index (χ1n) is 11.1. The van der Waals surface area contributed by atoms with Crippen LogP contribution in [0.5, 0.6) is 0 Å². The lowest BCUT2D eigenvalue weighted by Gasteiger charge is -2.21. The van der Waals surface area contributed by atoms with Crippen molar-refractivity contribution in [2.45, 2.75) is 48.9 Å². The Bertz CT molecular complexity index is 1370. The Hall–Kier alpha value is -1.59. The smallest absolute Gasteiger partial charge is 0.254 e. The highest BCUT2D eigenvalue weighted by Crippen LogP contribution is 2.53. The van der Waals surface area contributed by atoms with Crippen molar-refractivity contribution in [3.05, 3.63) is 87.9 Å². The van der Waals surface area contributed by atoms with Crippen molar-refractivity contribution in [3.63, 3.8) is 0 Å². The minimum absolute atomic E-state index is 0.230. The van der Waals surface area contributed by atoms with E-state index < -0.39 is 29.3 Å². The highest BCUT2D eigenvalue weighted by atomic mass is 79.9. The van der Waals surface area contributed by atoms with Crippen molar-refractivity contribution < 1.29 is 31.5 Å². The van der Waals surface area contributed by atoms with E-state index in [0.29, 0.717) is 27.1 Å². The van der Waals surface area contributed by atoms with Crippen LogP contribution in [0.1, 0.15) is 37.5 Å². The molecule has 0 fully saturated rings. The Morgan fingerprint density at radius 3 is 2.14 bits per heavy atom. The fourth-order valence-corrected chi connectivity index (χ4v) is 7.73. The normalized spacial score (nSPS) is 12.6. The fourth-order valence-electron chi connectivity index (χ4n) is 3.54. The maximum atomic E-state index is 13.0. The van der Waals surface area contributed by atoms with E-state index in [4.69, 9.17) is 0 Å². The van der Waals surface area contributed by atoms with Gasteiger partial charge in [-0.25, -0.2) is 13.1 Å². The van der Waals surface area contributed by atoms with Gasteiger partial charge in [0.1, 0.15) is 0 Å². The maximum Gasteiger partial charge on any atom is 0.399 e. The lowest BCUT2D eigenvalue weighted by molar-refractivity contribution is -0.0881. The highest BCUT2D eigenvalue weighted by molar-refractivity contribution is 9.10. The third-order valence-electron chi connectivity index (χ3n) is 5.11. The number of halogens is 3. The van der Waals surface area contributed by atoms with E-state index in [1.807, 2.05) is 30.3 Å². The van der Waals surface area contributed by atoms with Gasteiger partial charge in [0.25, 0.3) is 0 Å². The monoisotopic (exact) mass is 633 g/mol. The van der Waals surface area contributed by atoms with Gasteiger partial charge in [0.15, 0.2) is 0 Å². The van der Waals surface area contributed by atoms with Gasteiger partial charge in [0.2, 0.25) is 10.0 Å². The number of hydrogen-bond donors (Lipinski definition) is 1. The lowest BCUT2D eigenvalue weighted by Crippen LogP contribution is -2.40. The summed E-state index contributed by atoms with van der Waals surface area (Å²) >= 11 is 4.99. The molecule has 37 heavy (non-hydrogen) atoms. The zero-order valence-electron chi connectivity index (χ0n) is 20.4. The summed E-state index contributed by atoms with van der Waals surface area (Å²) in [6, 6.07) is 19.8. The second-order valence-corrected chi connectivity index (χ2v) is 14.7. The van der Waals surface area contributed by atoms with Crippen LogP contribution < -0.4 is 4.72 Å². The van der Waals surface area contributed by atoms with Gasteiger partial charge in [-0.1, -0.05) is 70.5 Å². The van der Waals surface area contributed by atoms with Gasteiger partial charge >= 0.3 is 7.60 Å². The Morgan fingerprint density at radius 2 is 1.54 bits per heavy atom. The Labute approximate surface area is 228 Å². The first-order valence-corrected chi connectivity index (χ1v) is 16.3. The molecule has 0 saturated heterocycles. The minimum atomic E-state index is -4.46. The van der Waals surface area contributed by atoms with E-state index >= 15 is 0 Å². The van der Waals surface area contributed by atoms with E-state index in [-0.39, 0.29) is 4.90 Å². The van der Waals surface area contributed by atoms with Crippen LogP contribution in [0.15, 0.2) is 76.1 Å². The minimum Gasteiger partial charge on any atom is -0.254 e. The lowest BCUT2D eigenvalue weighted by atomic mass is 10.0. The first kappa shape index (κ1) is 30.0. The molecule has 0 saturated carbocycles. The molecule has 0 heterocycles. The summed E-state index contributed by atoms with van der Waals surface area (Å²) in [6.45, 7) is 5.40. The van der Waals surface area contributed by atoms with Crippen LogP contribution in [0.3, 0.4) is 0 Å². The Balaban J connectivity index is 1.66. The molecule has 200 valence electrons. The molecule has 0 amide bonds. The molecule has 0 unspecified atom stereocenters. The number of nitrogens with one attached hydrogen (secondary N) is 1. The molecule has 12 heteroatoms. The molecule has 0 spiro atoms. The molecule has 6 nitrogen and oxygen atoms in total. The van der Waals surface area contributed by atoms with Crippen molar-refractivity contribution in [2.24, 2.45) is 0 Å². The topological polar surface area (TPSA) is 81.7 Å². The van der Waals surface area contributed by atoms with Gasteiger partial charge < -0.3 is 0 Å². The predicted octanol–water partition coefficient (Wildman–Crippen LogP) is 8.12. The predicted molar refractivity (Wildman–Crippen MR) is 147 cm³/mol. The molecule has 0 aliphatic rings. The number of rotatable bonds is 11. The van der Waals surface area contributed by atoms with Crippen molar-refractivity contribution in [1.29, 1.82) is 0 Å². The van der Waals surface area contributed by atoms with Gasteiger partial charge in [0, 0.05) is 27.1 Å². The summed E-state index contributed by atoms with van der Waals surface area (Å²) in [4.78, 5) is 0.230. The zero-order chi connectivity index (χ0) is 27.3. The molecule has 3 aromatic rings. The van der Waals surface area contributed by atoms with Crippen molar-refractivity contribution in [3.8, 4) is 11.1 Å². The Morgan fingerprint density at radius 1 is 0.946 bits per heavy atom. The standard InChI is InChI=1S/C25H27BrF2NO5PS2/c1-25(2,3)29-37(31,32)24-7-5-4-6-22(24)20-11-8-18(9-12-20)16-36-17-19-10-13-21(23(26)14-19)15-35(30,33-27)34-28/h4-14,29H,15-17H2,1-3H3. The van der Waals surface area contributed by atoms with Crippen LogP contribution in [0.25, 0.3) is 11.1 Å². The molecule has 0 aliphatic carbocycles. The largest absolute Gasteiger partial charge is 0.399 e. The van der Waals surface area contributed by atoms with Gasteiger partial charge in [0.05, 0.1) is 11.1 Å². The van der Waals surface area contributed by atoms with Crippen LogP contribution in [0.4, 0.5) is 9.05 Å². The van der Waals surface area contributed by atoms with Crippen molar-refractivity contribution in [1.82, 2.24) is 4.72 Å². The molecule has 0 aliphatic heterocycles. The molecule has 3 rings (SSSR count). The zero-order valence-corrected chi connectivity index (χ0v) is 24.5. The van der Waals surface area contributed by atoms with Crippen LogP contribution in [0, 0.1) is 0 Å². The average molecular weight is 635 g/mol. The molecular weight excluding hydrogens is 607 g/mol. The van der Waals surface area contributed by atoms with Crippen molar-refractivity contribution in [2.75, 3.05) is 0 Å². The molecule has 1 N–H and O–H groups in total. The molecule has 3 aromatic carbocycles. The second kappa shape index (κ2) is 12.5. The summed E-state index contributed by atoms with van der Waals surface area (Å²) in [5, 5.41) is 0. The maximum absolute atomic E-state index is 13.0. The number of thioether (sulfide) groups is 1. The molecule has 0 atom stereocenters. The van der Waals surface area contributed by atoms with Crippen molar-refractivity contribution >= 4 is 45.3 Å². The van der Waals surface area contributed by atoms with Crippen LogP contribution in [-0.2, 0) is 41.7 Å². The average Bonchev–Trinajstić information content (AvgIpc) is 2.84. The van der Waals surface area contributed by atoms with E-state index in [1.165, 1.54) is 0 Å². The fraction of sp³-hybridized carbons (Fsp3) is 0.280. The van der Waals surface area contributed by atoms with E-state index in [9.17, 15) is 22.0 Å². The molecule has 0 bridgehead atoms. The summed E-state index contributed by atoms with van der Waals surface area (Å²) in [6.07, 6.45) is -0.545. The van der Waals surface area contributed by atoms with Gasteiger partial charge in [-0.3, -0.25) is 4.57 Å². The summed E-state index contributed by atoms with van der Waals surface area (Å²) < 4.78 is 71.8. The van der Waals surface area contributed by atoms with E-state index in [2.05, 4.69) is 30.1 Å². The molecular formula is C25H27BrF2NO5PS2. The second-order valence-electron chi connectivity index (χ2n) is 9.37. The van der Waals surface area contributed by atoms with Gasteiger partial charge in [-0.05, 0) is 64.2 Å². The third kappa shape index (κ3) is 8.45. The van der Waals surface area contributed by atoms with Gasteiger partial charge in [-0.2, -0.15) is 11.8 Å². The molecule has 0 radical (unpaired) electrons. The summed E-state index contributed by atoms with van der Waals surface area (Å²) in [7, 11) is -8.16. The number of hydrogen-bond acceptors (Lipinski definition) is 6. The summed E-state index contributed by atoms with van der Waals surface area (Å²) in [5.74, 6) is 1.38. The van der Waals surface area contributed by atoms with Crippen LogP contribution in [0.2, 0.25) is 0 Å². The van der Waals surface area contributed by atoms with E-state index in [1.54, 1.807) is 68.9 Å². The van der Waals surface area contributed by atoms with Crippen LogP contribution >= 0.6 is 35.3 Å². The van der Waals surface area contributed by atoms with E-state index in [0.717, 1.165) is 16.7 Å². The number of sulfonamides is 1. The third-order valence-corrected chi connectivity index (χ3v) is 9.89. The molecule has 0 aromatic heterocycles. The SMILES string of the molecule is CC(C)(C)NS(=O)(=O)c1ccccc1-c1ccc(CSCc2ccc(CP(=O)(OF)OF)c(Br)c2)cc1. The first-order chi connectivity index (χ1) is 17.4. The highest BCUT2D eigenvalue weighted by Gasteiger charge is 2.29. The quantitative estimate of drug-likeness (QED) is 0.215. The van der Waals surface area contributed by atoms with Gasteiger partial charge in [-0.15, -0.1) is 9.46 Å². The Kier molecular flexibility index (Phi) is 10.1. The summed E-state index contributed by atoms with van der Waals surface area (Å²) in [5.41, 5.74) is 3.25.